The minimum atomic E-state index is -1.13. The second-order valence-electron chi connectivity index (χ2n) is 8.62. The Bertz CT molecular complexity index is 1470. The van der Waals surface area contributed by atoms with Crippen molar-refractivity contribution in [2.75, 3.05) is 24.4 Å². The Hall–Kier alpha value is -4.90. The molecule has 40 heavy (non-hydrogen) atoms. The van der Waals surface area contributed by atoms with E-state index in [0.29, 0.717) is 29.4 Å². The zero-order valence-corrected chi connectivity index (χ0v) is 22.8. The minimum absolute atomic E-state index is 0.0172. The predicted octanol–water partition coefficient (Wildman–Crippen LogP) is 3.94. The van der Waals surface area contributed by atoms with Gasteiger partial charge in [-0.1, -0.05) is 42.5 Å². The van der Waals surface area contributed by atoms with Crippen LogP contribution in [0.5, 0.6) is 11.5 Å². The first-order valence-corrected chi connectivity index (χ1v) is 13.2. The summed E-state index contributed by atoms with van der Waals surface area (Å²) < 4.78 is 14.8. The molecule has 0 saturated carbocycles. The average Bonchev–Trinajstić information content (AvgIpc) is 3.37. The van der Waals surface area contributed by atoms with Crippen molar-refractivity contribution in [2.24, 2.45) is 5.73 Å². The van der Waals surface area contributed by atoms with Crippen LogP contribution in [0.4, 0.5) is 11.4 Å². The molecule has 1 aromatic heterocycles. The van der Waals surface area contributed by atoms with E-state index in [1.807, 2.05) is 37.3 Å². The van der Waals surface area contributed by atoms with Gasteiger partial charge in [0.1, 0.15) is 22.4 Å². The lowest BCUT2D eigenvalue weighted by atomic mass is 10.0. The second kappa shape index (κ2) is 12.8. The quantitative estimate of drug-likeness (QED) is 0.252. The molecule has 0 aliphatic carbocycles. The third-order valence-corrected chi connectivity index (χ3v) is 6.90. The maximum atomic E-state index is 14.1. The first-order valence-electron chi connectivity index (χ1n) is 12.4. The van der Waals surface area contributed by atoms with Crippen LogP contribution in [-0.4, -0.2) is 35.8 Å². The fourth-order valence-corrected chi connectivity index (χ4v) is 4.82. The molecule has 1 atom stereocenters. The molecule has 3 aromatic carbocycles. The van der Waals surface area contributed by atoms with Gasteiger partial charge in [0.25, 0.3) is 11.8 Å². The van der Waals surface area contributed by atoms with Crippen LogP contribution < -0.4 is 31.2 Å². The molecule has 206 valence electrons. The summed E-state index contributed by atoms with van der Waals surface area (Å²) >= 11 is 0.743. The number of aromatic nitrogens is 1. The van der Waals surface area contributed by atoms with Gasteiger partial charge < -0.3 is 26.3 Å². The Morgan fingerprint density at radius 2 is 1.62 bits per heavy atom. The number of amides is 3. The molecule has 11 heteroatoms. The fourth-order valence-electron chi connectivity index (χ4n) is 4.08. The minimum Gasteiger partial charge on any atom is -0.497 e. The molecule has 0 spiro atoms. The zero-order valence-electron chi connectivity index (χ0n) is 22.0. The number of carbonyl (C=O) groups excluding carboxylic acids is 3. The van der Waals surface area contributed by atoms with Crippen molar-refractivity contribution in [2.45, 2.75) is 19.5 Å². The van der Waals surface area contributed by atoms with E-state index in [4.69, 9.17) is 20.9 Å². The van der Waals surface area contributed by atoms with Gasteiger partial charge in [-0.05, 0) is 66.0 Å². The van der Waals surface area contributed by atoms with Crippen molar-refractivity contribution in [3.63, 3.8) is 0 Å². The van der Waals surface area contributed by atoms with E-state index >= 15 is 0 Å². The number of nitrogens with one attached hydrogen (secondary N) is 1. The highest BCUT2D eigenvalue weighted by atomic mass is 32.1. The molecule has 0 radical (unpaired) electrons. The predicted molar refractivity (Wildman–Crippen MR) is 153 cm³/mol. The number of primary amides is 1. The molecule has 10 nitrogen and oxygen atoms in total. The van der Waals surface area contributed by atoms with Gasteiger partial charge in [0, 0.05) is 12.2 Å². The summed E-state index contributed by atoms with van der Waals surface area (Å²) in [4.78, 5) is 41.2. The number of benzene rings is 3. The van der Waals surface area contributed by atoms with E-state index < -0.39 is 23.8 Å². The number of hydrogen-bond donors (Lipinski definition) is 3. The maximum Gasteiger partial charge on any atom is 0.273 e. The van der Waals surface area contributed by atoms with Crippen LogP contribution in [0, 0.1) is 0 Å². The Morgan fingerprint density at radius 1 is 0.975 bits per heavy atom. The summed E-state index contributed by atoms with van der Waals surface area (Å²) in [5.74, 6) is -0.727. The summed E-state index contributed by atoms with van der Waals surface area (Å²) in [7, 11) is 1.53. The number of methoxy groups -OCH3 is 1. The third-order valence-electron chi connectivity index (χ3n) is 6.05. The monoisotopic (exact) mass is 559 g/mol. The number of nitrogens with two attached hydrogens (primary N) is 2. The van der Waals surface area contributed by atoms with Crippen molar-refractivity contribution in [3.05, 3.63) is 101 Å². The van der Waals surface area contributed by atoms with Gasteiger partial charge in [0.2, 0.25) is 5.91 Å². The Balaban J connectivity index is 1.82. The number of anilines is 2. The first-order chi connectivity index (χ1) is 19.3. The summed E-state index contributed by atoms with van der Waals surface area (Å²) in [5, 5.41) is 2.95. The van der Waals surface area contributed by atoms with Crippen LogP contribution in [0.3, 0.4) is 0 Å². The highest BCUT2D eigenvalue weighted by Crippen LogP contribution is 2.34. The van der Waals surface area contributed by atoms with Crippen molar-refractivity contribution in [1.29, 1.82) is 0 Å². The number of nitrogen functional groups attached to an aromatic ring is 1. The lowest BCUT2D eigenvalue weighted by Gasteiger charge is -2.31. The maximum absolute atomic E-state index is 14.1. The Kier molecular flexibility index (Phi) is 8.97. The molecule has 3 amide bonds. The Labute approximate surface area is 235 Å². The van der Waals surface area contributed by atoms with Crippen LogP contribution in [0.25, 0.3) is 0 Å². The molecule has 4 rings (SSSR count). The molecule has 5 N–H and O–H groups in total. The van der Waals surface area contributed by atoms with E-state index in [0.717, 1.165) is 17.1 Å². The number of carbonyl (C=O) groups is 3. The van der Waals surface area contributed by atoms with Crippen molar-refractivity contribution in [1.82, 2.24) is 9.69 Å². The van der Waals surface area contributed by atoms with Gasteiger partial charge in [0.05, 0.1) is 19.4 Å². The van der Waals surface area contributed by atoms with E-state index in [1.165, 1.54) is 12.0 Å². The standard InChI is InChI=1S/C29H29N5O5S/c1-3-39-22-13-9-19(10-14-22)25(28(36)32-17-18-7-5-4-6-8-18)34(20-11-15-21(38-2)16-12-20)29(37)26-23(30)24(27(31)35)33-40-26/h4-16,25H,3,17,30H2,1-2H3,(H2,31,35)(H,32,36)/t25-/m0/s1. The summed E-state index contributed by atoms with van der Waals surface area (Å²) in [6, 6.07) is 21.9. The molecular weight excluding hydrogens is 530 g/mol. The number of ether oxygens (including phenoxy) is 2. The zero-order chi connectivity index (χ0) is 28.6. The Morgan fingerprint density at radius 3 is 2.20 bits per heavy atom. The third kappa shape index (κ3) is 6.21. The van der Waals surface area contributed by atoms with Crippen LogP contribution >= 0.6 is 11.5 Å². The molecule has 0 saturated heterocycles. The largest absolute Gasteiger partial charge is 0.497 e. The normalized spacial score (nSPS) is 11.3. The van der Waals surface area contributed by atoms with Crippen molar-refractivity contribution < 1.29 is 23.9 Å². The smallest absolute Gasteiger partial charge is 0.273 e. The highest BCUT2D eigenvalue weighted by molar-refractivity contribution is 7.09. The van der Waals surface area contributed by atoms with Crippen molar-refractivity contribution in [3.8, 4) is 11.5 Å². The number of rotatable bonds is 11. The van der Waals surface area contributed by atoms with Crippen LogP contribution in [-0.2, 0) is 11.3 Å². The SMILES string of the molecule is CCOc1ccc([C@@H](C(=O)NCc2ccccc2)N(C(=O)c2snc(C(N)=O)c2N)c2ccc(OC)cc2)cc1. The molecule has 0 bridgehead atoms. The molecular formula is C29H29N5O5S. The van der Waals surface area contributed by atoms with E-state index in [9.17, 15) is 14.4 Å². The molecule has 0 fully saturated rings. The van der Waals surface area contributed by atoms with Crippen molar-refractivity contribution >= 4 is 40.6 Å². The average molecular weight is 560 g/mol. The van der Waals surface area contributed by atoms with Gasteiger partial charge in [-0.3, -0.25) is 19.3 Å². The topological polar surface area (TPSA) is 150 Å². The van der Waals surface area contributed by atoms with Gasteiger partial charge in [-0.2, -0.15) is 4.37 Å². The van der Waals surface area contributed by atoms with Crippen LogP contribution in [0.15, 0.2) is 78.9 Å². The lowest BCUT2D eigenvalue weighted by Crippen LogP contribution is -2.44. The summed E-state index contributed by atoms with van der Waals surface area (Å²) in [6.07, 6.45) is 0. The first kappa shape index (κ1) is 28.1. The number of nitrogens with zero attached hydrogens (tertiary/aromatic N) is 2. The second-order valence-corrected chi connectivity index (χ2v) is 9.39. The summed E-state index contributed by atoms with van der Waals surface area (Å²) in [6.45, 7) is 2.59. The molecule has 0 aliphatic heterocycles. The van der Waals surface area contributed by atoms with E-state index in [2.05, 4.69) is 9.69 Å². The molecule has 0 unspecified atom stereocenters. The molecule has 1 heterocycles. The molecule has 0 aliphatic rings. The summed E-state index contributed by atoms with van der Waals surface area (Å²) in [5.41, 5.74) is 13.0. The molecule has 4 aromatic rings. The fraction of sp³-hybridized carbons (Fsp3) is 0.172. The van der Waals surface area contributed by atoms with Crippen LogP contribution in [0.1, 0.15) is 44.3 Å². The van der Waals surface area contributed by atoms with E-state index in [1.54, 1.807) is 48.5 Å². The van der Waals surface area contributed by atoms with Gasteiger partial charge in [0.15, 0.2) is 5.69 Å². The van der Waals surface area contributed by atoms with Gasteiger partial charge in [-0.15, -0.1) is 0 Å². The van der Waals surface area contributed by atoms with Gasteiger partial charge in [-0.25, -0.2) is 0 Å². The highest BCUT2D eigenvalue weighted by Gasteiger charge is 2.36. The van der Waals surface area contributed by atoms with Gasteiger partial charge >= 0.3 is 0 Å². The lowest BCUT2D eigenvalue weighted by molar-refractivity contribution is -0.122. The van der Waals surface area contributed by atoms with Crippen LogP contribution in [0.2, 0.25) is 0 Å². The number of hydrogen-bond acceptors (Lipinski definition) is 8. The van der Waals surface area contributed by atoms with E-state index in [-0.39, 0.29) is 22.8 Å².